The van der Waals surface area contributed by atoms with Crippen LogP contribution in [0.1, 0.15) is 18.4 Å². The third-order valence-corrected chi connectivity index (χ3v) is 3.40. The zero-order valence-corrected chi connectivity index (χ0v) is 14.7. The average Bonchev–Trinajstić information content (AvgIpc) is 3.24. The summed E-state index contributed by atoms with van der Waals surface area (Å²) in [7, 11) is 1.99. The van der Waals surface area contributed by atoms with Crippen LogP contribution >= 0.6 is 35.6 Å². The van der Waals surface area contributed by atoms with Crippen molar-refractivity contribution in [2.45, 2.75) is 25.5 Å². The molecular formula is C14H21ClIN3O. The largest absolute Gasteiger partial charge is 0.375 e. The van der Waals surface area contributed by atoms with E-state index < -0.39 is 0 Å². The first-order chi connectivity index (χ1) is 9.16. The number of rotatable bonds is 6. The Bertz CT molecular complexity index is 435. The molecule has 0 aliphatic heterocycles. The highest BCUT2D eigenvalue weighted by Gasteiger charge is 2.27. The summed E-state index contributed by atoms with van der Waals surface area (Å²) in [5, 5.41) is 0.740. The normalized spacial score (nSPS) is 14.8. The van der Waals surface area contributed by atoms with Crippen LogP contribution in [0.4, 0.5) is 0 Å². The maximum Gasteiger partial charge on any atom is 0.191 e. The quantitative estimate of drug-likeness (QED) is 0.340. The molecule has 0 radical (unpaired) electrons. The van der Waals surface area contributed by atoms with Crippen LogP contribution in [0.15, 0.2) is 29.3 Å². The number of aliphatic imine (C=N–C) groups is 1. The molecule has 1 fully saturated rings. The van der Waals surface area contributed by atoms with Crippen LogP contribution in [-0.2, 0) is 11.3 Å². The van der Waals surface area contributed by atoms with E-state index in [4.69, 9.17) is 22.1 Å². The molecule has 4 nitrogen and oxygen atoms in total. The van der Waals surface area contributed by atoms with Crippen molar-refractivity contribution in [2.24, 2.45) is 10.7 Å². The van der Waals surface area contributed by atoms with E-state index in [-0.39, 0.29) is 24.0 Å². The van der Waals surface area contributed by atoms with Crippen LogP contribution in [-0.4, -0.2) is 37.1 Å². The summed E-state index contributed by atoms with van der Waals surface area (Å²) < 4.78 is 5.54. The van der Waals surface area contributed by atoms with Gasteiger partial charge in [0.15, 0.2) is 5.96 Å². The fourth-order valence-corrected chi connectivity index (χ4v) is 1.88. The number of nitrogens with zero attached hydrogens (tertiary/aromatic N) is 2. The van der Waals surface area contributed by atoms with Gasteiger partial charge in [-0.2, -0.15) is 0 Å². The molecule has 1 saturated carbocycles. The van der Waals surface area contributed by atoms with Gasteiger partial charge in [-0.15, -0.1) is 24.0 Å². The zero-order valence-electron chi connectivity index (χ0n) is 11.6. The lowest BCUT2D eigenvalue weighted by atomic mass is 10.2. The molecule has 1 aliphatic carbocycles. The summed E-state index contributed by atoms with van der Waals surface area (Å²) in [6, 6.07) is 8.24. The number of hydrogen-bond donors (Lipinski definition) is 1. The van der Waals surface area contributed by atoms with Crippen LogP contribution in [0, 0.1) is 0 Å². The molecule has 0 unspecified atom stereocenters. The molecule has 1 aromatic rings. The molecule has 0 bridgehead atoms. The van der Waals surface area contributed by atoms with Crippen LogP contribution in [0.5, 0.6) is 0 Å². The van der Waals surface area contributed by atoms with Gasteiger partial charge in [-0.3, -0.25) is 4.99 Å². The van der Waals surface area contributed by atoms with E-state index in [9.17, 15) is 0 Å². The van der Waals surface area contributed by atoms with Crippen molar-refractivity contribution >= 4 is 41.5 Å². The zero-order chi connectivity index (χ0) is 13.7. The van der Waals surface area contributed by atoms with E-state index in [2.05, 4.69) is 4.99 Å². The Kier molecular flexibility index (Phi) is 7.61. The van der Waals surface area contributed by atoms with Crippen LogP contribution < -0.4 is 5.73 Å². The lowest BCUT2D eigenvalue weighted by Gasteiger charge is -2.16. The Morgan fingerprint density at radius 2 is 2.05 bits per heavy atom. The third-order valence-electron chi connectivity index (χ3n) is 3.15. The van der Waals surface area contributed by atoms with Gasteiger partial charge in [0.05, 0.1) is 19.8 Å². The molecule has 6 heteroatoms. The summed E-state index contributed by atoms with van der Waals surface area (Å²) in [6.45, 7) is 1.74. The van der Waals surface area contributed by atoms with Crippen molar-refractivity contribution in [2.75, 3.05) is 20.2 Å². The highest BCUT2D eigenvalue weighted by Crippen LogP contribution is 2.24. The van der Waals surface area contributed by atoms with Gasteiger partial charge in [0.2, 0.25) is 0 Å². The highest BCUT2D eigenvalue weighted by atomic mass is 127. The molecule has 2 rings (SSSR count). The van der Waals surface area contributed by atoms with Gasteiger partial charge in [-0.05, 0) is 30.5 Å². The minimum Gasteiger partial charge on any atom is -0.375 e. The smallest absolute Gasteiger partial charge is 0.191 e. The van der Waals surface area contributed by atoms with Crippen LogP contribution in [0.2, 0.25) is 5.02 Å². The minimum atomic E-state index is 0. The molecule has 0 heterocycles. The molecule has 2 N–H and O–H groups in total. The van der Waals surface area contributed by atoms with Crippen LogP contribution in [0.25, 0.3) is 0 Å². The molecule has 1 aliphatic rings. The second-order valence-electron chi connectivity index (χ2n) is 4.76. The lowest BCUT2D eigenvalue weighted by Crippen LogP contribution is -2.36. The van der Waals surface area contributed by atoms with Crippen molar-refractivity contribution in [1.29, 1.82) is 0 Å². The predicted molar refractivity (Wildman–Crippen MR) is 93.8 cm³/mol. The molecular weight excluding hydrogens is 389 g/mol. The highest BCUT2D eigenvalue weighted by molar-refractivity contribution is 14.0. The number of halogens is 2. The number of hydrogen-bond acceptors (Lipinski definition) is 2. The monoisotopic (exact) mass is 409 g/mol. The number of ether oxygens (including phenoxy) is 1. The van der Waals surface area contributed by atoms with Gasteiger partial charge < -0.3 is 15.4 Å². The van der Waals surface area contributed by atoms with Crippen molar-refractivity contribution in [3.8, 4) is 0 Å². The number of nitrogens with two attached hydrogens (primary N) is 1. The number of guanidine groups is 1. The Morgan fingerprint density at radius 3 is 2.65 bits per heavy atom. The number of benzene rings is 1. The van der Waals surface area contributed by atoms with Gasteiger partial charge in [-0.1, -0.05) is 23.7 Å². The standard InChI is InChI=1S/C14H20ClN3O.HI/c1-18(13-6-7-13)14(16)17-8-9-19-10-11-2-4-12(15)5-3-11;/h2-5,13H,6-10H2,1H3,(H2,16,17);1H. The van der Waals surface area contributed by atoms with Crippen molar-refractivity contribution < 1.29 is 4.74 Å². The SMILES string of the molecule is CN(C(N)=NCCOCc1ccc(Cl)cc1)C1CC1.I. The third kappa shape index (κ3) is 5.85. The first-order valence-corrected chi connectivity index (χ1v) is 6.89. The first kappa shape index (κ1) is 17.5. The molecule has 0 spiro atoms. The average molecular weight is 410 g/mol. The van der Waals surface area contributed by atoms with Gasteiger partial charge in [-0.25, -0.2) is 0 Å². The van der Waals surface area contributed by atoms with E-state index in [0.717, 1.165) is 10.6 Å². The van der Waals surface area contributed by atoms with Gasteiger partial charge >= 0.3 is 0 Å². The van der Waals surface area contributed by atoms with E-state index in [0.29, 0.717) is 31.8 Å². The summed E-state index contributed by atoms with van der Waals surface area (Å²) in [5.41, 5.74) is 6.98. The van der Waals surface area contributed by atoms with Crippen molar-refractivity contribution in [3.63, 3.8) is 0 Å². The topological polar surface area (TPSA) is 50.8 Å². The Labute approximate surface area is 142 Å². The van der Waals surface area contributed by atoms with Crippen molar-refractivity contribution in [3.05, 3.63) is 34.9 Å². The second-order valence-corrected chi connectivity index (χ2v) is 5.20. The molecule has 20 heavy (non-hydrogen) atoms. The Morgan fingerprint density at radius 1 is 1.40 bits per heavy atom. The maximum atomic E-state index is 5.87. The lowest BCUT2D eigenvalue weighted by molar-refractivity contribution is 0.128. The second kappa shape index (κ2) is 8.69. The fourth-order valence-electron chi connectivity index (χ4n) is 1.76. The van der Waals surface area contributed by atoms with E-state index >= 15 is 0 Å². The van der Waals surface area contributed by atoms with Gasteiger partial charge in [0.25, 0.3) is 0 Å². The summed E-state index contributed by atoms with van der Waals surface area (Å²) in [6.07, 6.45) is 2.44. The summed E-state index contributed by atoms with van der Waals surface area (Å²) >= 11 is 5.81. The van der Waals surface area contributed by atoms with E-state index in [1.54, 1.807) is 0 Å². The predicted octanol–water partition coefficient (Wildman–Crippen LogP) is 2.88. The fraction of sp³-hybridized carbons (Fsp3) is 0.500. The molecule has 0 aromatic heterocycles. The molecule has 112 valence electrons. The van der Waals surface area contributed by atoms with E-state index in [1.807, 2.05) is 36.2 Å². The van der Waals surface area contributed by atoms with Crippen LogP contribution in [0.3, 0.4) is 0 Å². The molecule has 0 amide bonds. The molecule has 0 atom stereocenters. The van der Waals surface area contributed by atoms with Gasteiger partial charge in [0, 0.05) is 18.1 Å². The van der Waals surface area contributed by atoms with Gasteiger partial charge in [0.1, 0.15) is 0 Å². The molecule has 1 aromatic carbocycles. The van der Waals surface area contributed by atoms with E-state index in [1.165, 1.54) is 12.8 Å². The molecule has 0 saturated heterocycles. The first-order valence-electron chi connectivity index (χ1n) is 6.52. The summed E-state index contributed by atoms with van der Waals surface area (Å²) in [4.78, 5) is 6.35. The Balaban J connectivity index is 0.00000200. The minimum absolute atomic E-state index is 0. The van der Waals surface area contributed by atoms with Crippen molar-refractivity contribution in [1.82, 2.24) is 4.90 Å². The maximum absolute atomic E-state index is 5.87. The summed E-state index contributed by atoms with van der Waals surface area (Å²) in [5.74, 6) is 0.609. The Hall–Kier alpha value is -0.530.